The van der Waals surface area contributed by atoms with Crippen molar-refractivity contribution in [1.29, 1.82) is 0 Å². The van der Waals surface area contributed by atoms with Crippen molar-refractivity contribution in [3.05, 3.63) is 65.9 Å². The third kappa shape index (κ3) is 8.33. The molecule has 0 radical (unpaired) electrons. The normalized spacial score (nSPS) is 11.5. The number of carbonyl (C=O) groups excluding carboxylic acids is 2. The van der Waals surface area contributed by atoms with Crippen molar-refractivity contribution in [3.8, 4) is 11.8 Å². The molecule has 0 aliphatic carbocycles. The number of imidazole rings is 1. The van der Waals surface area contributed by atoms with Crippen LogP contribution in [0.5, 0.6) is 11.8 Å². The summed E-state index contributed by atoms with van der Waals surface area (Å²) in [6, 6.07) is 7.38. The number of halogens is 6. The van der Waals surface area contributed by atoms with E-state index in [1.807, 2.05) is 0 Å². The Hall–Kier alpha value is -4.43. The molecule has 0 bridgehead atoms. The number of benzene rings is 2. The standard InChI is InChI=1S/C22H18F6N4O5/c1-2-35-20(34)36-19-31-17(12-32(19)11-13-3-5-14(6-4-13)21(23,24)25)30-18(33)29-15-7-9-16(10-8-15)37-22(26,27)28/h3-10,12H,2,11H2,1H3,(H2,29,30,33). The number of ether oxygens (including phenoxy) is 3. The molecular weight excluding hydrogens is 514 g/mol. The summed E-state index contributed by atoms with van der Waals surface area (Å²) in [5.74, 6) is -0.595. The number of rotatable bonds is 7. The number of carbonyl (C=O) groups is 2. The number of nitrogens with one attached hydrogen (secondary N) is 2. The van der Waals surface area contributed by atoms with E-state index in [0.717, 1.165) is 24.3 Å². The number of amides is 2. The second kappa shape index (κ2) is 11.1. The molecule has 9 nitrogen and oxygen atoms in total. The van der Waals surface area contributed by atoms with Crippen molar-refractivity contribution >= 4 is 23.7 Å². The molecule has 1 heterocycles. The lowest BCUT2D eigenvalue weighted by atomic mass is 10.1. The van der Waals surface area contributed by atoms with Gasteiger partial charge in [0, 0.05) is 5.69 Å². The Balaban J connectivity index is 1.72. The summed E-state index contributed by atoms with van der Waals surface area (Å²) in [5.41, 5.74) is -0.322. The van der Waals surface area contributed by atoms with Crippen LogP contribution < -0.4 is 20.1 Å². The van der Waals surface area contributed by atoms with Crippen LogP contribution in [-0.4, -0.2) is 34.7 Å². The Morgan fingerprint density at radius 2 is 1.59 bits per heavy atom. The fraction of sp³-hybridized carbons (Fsp3) is 0.227. The van der Waals surface area contributed by atoms with E-state index >= 15 is 0 Å². The molecule has 1 aromatic heterocycles. The van der Waals surface area contributed by atoms with Gasteiger partial charge in [0.2, 0.25) is 0 Å². The molecule has 0 atom stereocenters. The van der Waals surface area contributed by atoms with Crippen molar-refractivity contribution in [2.24, 2.45) is 0 Å². The molecule has 2 N–H and O–H groups in total. The molecule has 0 unspecified atom stereocenters. The molecule has 3 rings (SSSR count). The zero-order valence-corrected chi connectivity index (χ0v) is 18.8. The van der Waals surface area contributed by atoms with Crippen LogP contribution in [0.3, 0.4) is 0 Å². The lowest BCUT2D eigenvalue weighted by molar-refractivity contribution is -0.274. The number of alkyl halides is 6. The topological polar surface area (TPSA) is 104 Å². The third-order valence-electron chi connectivity index (χ3n) is 4.40. The average Bonchev–Trinajstić information content (AvgIpc) is 3.14. The highest BCUT2D eigenvalue weighted by molar-refractivity contribution is 5.99. The van der Waals surface area contributed by atoms with Gasteiger partial charge < -0.3 is 19.5 Å². The molecule has 3 aromatic rings. The van der Waals surface area contributed by atoms with Gasteiger partial charge in [0.1, 0.15) is 5.75 Å². The van der Waals surface area contributed by atoms with Crippen LogP contribution >= 0.6 is 0 Å². The van der Waals surface area contributed by atoms with Gasteiger partial charge >= 0.3 is 30.7 Å². The maximum absolute atomic E-state index is 12.8. The van der Waals surface area contributed by atoms with Gasteiger partial charge in [-0.3, -0.25) is 9.88 Å². The lowest BCUT2D eigenvalue weighted by Crippen LogP contribution is -2.20. The van der Waals surface area contributed by atoms with Crippen LogP contribution in [0, 0.1) is 0 Å². The largest absolute Gasteiger partial charge is 0.573 e. The first-order valence-electron chi connectivity index (χ1n) is 10.3. The van der Waals surface area contributed by atoms with Crippen LogP contribution in [0.15, 0.2) is 54.7 Å². The molecule has 0 aliphatic heterocycles. The highest BCUT2D eigenvalue weighted by Gasteiger charge is 2.31. The fourth-order valence-corrected chi connectivity index (χ4v) is 2.89. The summed E-state index contributed by atoms with van der Waals surface area (Å²) in [5, 5.41) is 4.72. The van der Waals surface area contributed by atoms with Crippen LogP contribution in [0.1, 0.15) is 18.1 Å². The molecule has 0 spiro atoms. The molecule has 37 heavy (non-hydrogen) atoms. The van der Waals surface area contributed by atoms with Crippen molar-refractivity contribution in [2.75, 3.05) is 17.2 Å². The summed E-state index contributed by atoms with van der Waals surface area (Å²) in [4.78, 5) is 28.0. The minimum absolute atomic E-state index is 0.00123. The minimum Gasteiger partial charge on any atom is -0.434 e. The quantitative estimate of drug-likeness (QED) is 0.285. The SMILES string of the molecule is CCOC(=O)Oc1nc(NC(=O)Nc2ccc(OC(F)(F)F)cc2)cn1Cc1ccc(C(F)(F)F)cc1. The van der Waals surface area contributed by atoms with E-state index in [1.54, 1.807) is 0 Å². The first kappa shape index (κ1) is 27.2. The van der Waals surface area contributed by atoms with E-state index in [-0.39, 0.29) is 30.7 Å². The Bertz CT molecular complexity index is 1220. The Labute approximate surface area is 204 Å². The van der Waals surface area contributed by atoms with Gasteiger partial charge in [-0.15, -0.1) is 13.2 Å². The second-order valence-corrected chi connectivity index (χ2v) is 7.17. The van der Waals surface area contributed by atoms with Crippen molar-refractivity contribution in [3.63, 3.8) is 0 Å². The van der Waals surface area contributed by atoms with Gasteiger partial charge in [0.15, 0.2) is 5.82 Å². The molecule has 0 fully saturated rings. The fourth-order valence-electron chi connectivity index (χ4n) is 2.89. The van der Waals surface area contributed by atoms with Gasteiger partial charge in [-0.25, -0.2) is 9.59 Å². The van der Waals surface area contributed by atoms with Crippen LogP contribution in [-0.2, 0) is 17.5 Å². The smallest absolute Gasteiger partial charge is 0.434 e. The number of hydrogen-bond acceptors (Lipinski definition) is 6. The zero-order chi connectivity index (χ0) is 27.2. The molecule has 0 saturated carbocycles. The molecular formula is C22H18F6N4O5. The molecule has 0 aliphatic rings. The van der Waals surface area contributed by atoms with Gasteiger partial charge in [0.05, 0.1) is 24.9 Å². The van der Waals surface area contributed by atoms with E-state index in [2.05, 4.69) is 20.4 Å². The van der Waals surface area contributed by atoms with E-state index in [1.165, 1.54) is 42.0 Å². The van der Waals surface area contributed by atoms with E-state index in [0.29, 0.717) is 5.56 Å². The zero-order valence-electron chi connectivity index (χ0n) is 18.8. The molecule has 198 valence electrons. The predicted molar refractivity (Wildman–Crippen MR) is 116 cm³/mol. The lowest BCUT2D eigenvalue weighted by Gasteiger charge is -2.10. The van der Waals surface area contributed by atoms with E-state index in [4.69, 9.17) is 9.47 Å². The summed E-state index contributed by atoms with van der Waals surface area (Å²) >= 11 is 0. The second-order valence-electron chi connectivity index (χ2n) is 7.17. The van der Waals surface area contributed by atoms with Gasteiger partial charge in [0.25, 0.3) is 0 Å². The number of aromatic nitrogens is 2. The van der Waals surface area contributed by atoms with Crippen LogP contribution in [0.25, 0.3) is 0 Å². The maximum atomic E-state index is 12.8. The Morgan fingerprint density at radius 3 is 2.16 bits per heavy atom. The molecule has 15 heteroatoms. The number of hydrogen-bond donors (Lipinski definition) is 2. The van der Waals surface area contributed by atoms with Crippen molar-refractivity contribution in [2.45, 2.75) is 26.0 Å². The number of urea groups is 1. The molecule has 2 amide bonds. The first-order chi connectivity index (χ1) is 17.3. The number of anilines is 2. The summed E-state index contributed by atoms with van der Waals surface area (Å²) in [6.07, 6.45) is -9.22. The monoisotopic (exact) mass is 532 g/mol. The molecule has 2 aromatic carbocycles. The first-order valence-corrected chi connectivity index (χ1v) is 10.3. The van der Waals surface area contributed by atoms with Crippen LogP contribution in [0.4, 0.5) is 47.4 Å². The minimum atomic E-state index is -4.87. The van der Waals surface area contributed by atoms with Gasteiger partial charge in [-0.2, -0.15) is 18.2 Å². The summed E-state index contributed by atoms with van der Waals surface area (Å²) in [6.45, 7) is 1.46. The molecule has 0 saturated heterocycles. The summed E-state index contributed by atoms with van der Waals surface area (Å²) in [7, 11) is 0. The van der Waals surface area contributed by atoms with Gasteiger partial charge in [-0.1, -0.05) is 12.1 Å². The predicted octanol–water partition coefficient (Wildman–Crippen LogP) is 6.03. The highest BCUT2D eigenvalue weighted by atomic mass is 19.4. The summed E-state index contributed by atoms with van der Waals surface area (Å²) < 4.78 is 89.9. The maximum Gasteiger partial charge on any atom is 0.573 e. The van der Waals surface area contributed by atoms with Crippen molar-refractivity contribution < 1.29 is 50.1 Å². The highest BCUT2D eigenvalue weighted by Crippen LogP contribution is 2.29. The van der Waals surface area contributed by atoms with Gasteiger partial charge in [-0.05, 0) is 48.9 Å². The Morgan fingerprint density at radius 1 is 0.946 bits per heavy atom. The van der Waals surface area contributed by atoms with Crippen LogP contribution in [0.2, 0.25) is 0 Å². The van der Waals surface area contributed by atoms with E-state index in [9.17, 15) is 35.9 Å². The average molecular weight is 532 g/mol. The third-order valence-corrected chi connectivity index (χ3v) is 4.40. The Kier molecular flexibility index (Phi) is 8.14. The van der Waals surface area contributed by atoms with E-state index < -0.39 is 36.0 Å². The number of nitrogens with zero attached hydrogens (tertiary/aromatic N) is 2. The van der Waals surface area contributed by atoms with Crippen molar-refractivity contribution in [1.82, 2.24) is 9.55 Å².